The van der Waals surface area contributed by atoms with E-state index in [4.69, 9.17) is 12.5 Å². The fourth-order valence-electron chi connectivity index (χ4n) is 2.17. The van der Waals surface area contributed by atoms with E-state index in [2.05, 4.69) is 0 Å². The predicted octanol–water partition coefficient (Wildman–Crippen LogP) is 0.323. The van der Waals surface area contributed by atoms with Gasteiger partial charge >= 0.3 is 1.41 Å². The van der Waals surface area contributed by atoms with Crippen LogP contribution in [0.5, 0.6) is 0 Å². The molecule has 92 valence electrons. The molecule has 19 heavy (non-hydrogen) atoms. The Hall–Kier alpha value is -3.00. The summed E-state index contributed by atoms with van der Waals surface area (Å²) in [6, 6.07) is 11.8. The number of carbonyl (C=O) groups excluding carboxylic acids is 2. The molecular weight excluding hydrogens is 242 g/mol. The molecule has 0 atom stereocenters. The van der Waals surface area contributed by atoms with Gasteiger partial charge in [-0.25, -0.2) is 0 Å². The molecule has 1 aliphatic carbocycles. The number of fused-ring (bicyclic) bond motifs is 2. The van der Waals surface area contributed by atoms with Gasteiger partial charge in [0.25, 0.3) is 0 Å². The maximum atomic E-state index is 12.2. The Balaban J connectivity index is 0.000000452. The maximum Gasteiger partial charge on any atom is 0.690 e. The van der Waals surface area contributed by atoms with Crippen molar-refractivity contribution in [3.05, 3.63) is 64.7 Å². The van der Waals surface area contributed by atoms with Gasteiger partial charge in [-0.3, -0.25) is 9.59 Å². The molecule has 0 spiro atoms. The summed E-state index contributed by atoms with van der Waals surface area (Å²) in [4.78, 5) is 24.4. The minimum Gasteiger partial charge on any atom is -0.398 e. The second-order valence-electron chi connectivity index (χ2n) is 3.97. The number of carbonyl (C=O) groups is 2. The van der Waals surface area contributed by atoms with E-state index in [1.165, 1.54) is 0 Å². The van der Waals surface area contributed by atoms with Crippen LogP contribution in [0.4, 0.5) is 5.69 Å². The van der Waals surface area contributed by atoms with Gasteiger partial charge in [-0.05, 0) is 6.07 Å². The summed E-state index contributed by atoms with van der Waals surface area (Å²) in [5, 5.41) is 8.61. The van der Waals surface area contributed by atoms with Crippen LogP contribution in [0.15, 0.2) is 42.5 Å². The first-order valence-electron chi connectivity index (χ1n) is 5.92. The van der Waals surface area contributed by atoms with Crippen molar-refractivity contribution in [2.75, 3.05) is 5.73 Å². The number of diazo groups is 1. The zero-order valence-electron chi connectivity index (χ0n) is 10.8. The van der Waals surface area contributed by atoms with Crippen molar-refractivity contribution < 1.29 is 16.4 Å². The lowest BCUT2D eigenvalue weighted by molar-refractivity contribution is -0.175. The summed E-state index contributed by atoms with van der Waals surface area (Å²) >= 11 is 0. The number of nitrogen functional groups attached to an aromatic ring is 1. The number of nitrogens with zero attached hydrogens (tertiary/aromatic N) is 1. The second kappa shape index (κ2) is 4.70. The van der Waals surface area contributed by atoms with Crippen LogP contribution in [-0.4, -0.2) is 11.6 Å². The molecule has 0 saturated heterocycles. The highest BCUT2D eigenvalue weighted by atomic mass is 16.1. The summed E-state index contributed by atoms with van der Waals surface area (Å²) < 4.78 is 5.39. The first-order valence-corrected chi connectivity index (χ1v) is 5.47. The van der Waals surface area contributed by atoms with E-state index in [-0.39, 0.29) is 11.6 Å². The Morgan fingerprint density at radius 2 is 1.47 bits per heavy atom. The second-order valence-corrected chi connectivity index (χ2v) is 3.97. The van der Waals surface area contributed by atoms with E-state index in [1.807, 2.05) is 0 Å². The van der Waals surface area contributed by atoms with E-state index < -0.39 is 0 Å². The van der Waals surface area contributed by atoms with E-state index in [0.717, 1.165) is 0 Å². The molecule has 0 fully saturated rings. The minimum absolute atomic E-state index is 0.137. The standard InChI is InChI=1S/C14H9NO2.N2/c15-11-7-3-6-10-12(11)14(17)9-5-2-1-4-8(9)13(10)16;1-2/h1-7H,15H2;/p+1/i/hD. The van der Waals surface area contributed by atoms with Crippen molar-refractivity contribution in [3.63, 3.8) is 0 Å². The molecule has 0 radical (unpaired) electrons. The number of nitrogens with two attached hydrogens (primary N) is 1. The number of hydrogen-bond donors (Lipinski definition) is 2. The number of benzene rings is 2. The van der Waals surface area contributed by atoms with Crippen molar-refractivity contribution >= 4 is 17.3 Å². The molecule has 5 heteroatoms. The van der Waals surface area contributed by atoms with Crippen molar-refractivity contribution in [1.82, 2.24) is 0 Å². The molecule has 0 bridgehead atoms. The van der Waals surface area contributed by atoms with Crippen LogP contribution >= 0.6 is 0 Å². The average molecular weight is 253 g/mol. The Kier molecular flexibility index (Phi) is 2.75. The smallest absolute Gasteiger partial charge is 0.398 e. The lowest BCUT2D eigenvalue weighted by Crippen LogP contribution is -2.22. The van der Waals surface area contributed by atoms with Gasteiger partial charge < -0.3 is 5.73 Å². The van der Waals surface area contributed by atoms with Gasteiger partial charge in [0.2, 0.25) is 5.39 Å². The Bertz CT molecular complexity index is 750. The first-order chi connectivity index (χ1) is 9.61. The van der Waals surface area contributed by atoms with Crippen LogP contribution in [0.2, 0.25) is 1.41 Å². The van der Waals surface area contributed by atoms with E-state index >= 15 is 0 Å². The third-order valence-electron chi connectivity index (χ3n) is 2.98. The molecule has 0 saturated carbocycles. The Morgan fingerprint density at radius 1 is 0.947 bits per heavy atom. The van der Waals surface area contributed by atoms with E-state index in [9.17, 15) is 9.59 Å². The van der Waals surface area contributed by atoms with Crippen LogP contribution in [0.25, 0.3) is 0 Å². The molecular formula is C14H10N3O2+. The van der Waals surface area contributed by atoms with Crippen LogP contribution in [0.1, 0.15) is 31.8 Å². The maximum absolute atomic E-state index is 12.2. The van der Waals surface area contributed by atoms with Crippen molar-refractivity contribution in [2.24, 2.45) is 0 Å². The van der Waals surface area contributed by atoms with Gasteiger partial charge in [-0.2, -0.15) is 0 Å². The third kappa shape index (κ3) is 1.76. The first kappa shape index (κ1) is 11.1. The quantitative estimate of drug-likeness (QED) is 0.444. The Labute approximate surface area is 110 Å². The number of nitrogens with one attached hydrogen (secondary N) is 1. The Morgan fingerprint density at radius 3 is 2.11 bits per heavy atom. The van der Waals surface area contributed by atoms with Gasteiger partial charge in [-0.1, -0.05) is 36.4 Å². The monoisotopic (exact) mass is 253 g/mol. The highest BCUT2D eigenvalue weighted by Crippen LogP contribution is 2.30. The number of hydrogen-bond acceptors (Lipinski definition) is 4. The van der Waals surface area contributed by atoms with Crippen LogP contribution in [0.3, 0.4) is 0 Å². The molecule has 0 aromatic heterocycles. The van der Waals surface area contributed by atoms with Crippen LogP contribution < -0.4 is 11.1 Å². The molecule has 0 heterocycles. The summed E-state index contributed by atoms with van der Waals surface area (Å²) in [6.45, 7) is 0. The number of rotatable bonds is 0. The molecule has 0 aliphatic heterocycles. The van der Waals surface area contributed by atoms with Gasteiger partial charge in [-0.15, -0.1) is 0 Å². The third-order valence-corrected chi connectivity index (χ3v) is 2.98. The van der Waals surface area contributed by atoms with E-state index in [0.29, 0.717) is 27.9 Å². The molecule has 2 aromatic rings. The summed E-state index contributed by atoms with van der Waals surface area (Å²) in [5.41, 5.74) is 7.75. The average Bonchev–Trinajstić information content (AvgIpc) is 2.45. The SMILES string of the molecule is Nc1cccc2c1C(=O)c1ccccc1C2=O.[2H][N+]#N. The zero-order chi connectivity index (χ0) is 14.7. The molecule has 2 aromatic carbocycles. The highest BCUT2D eigenvalue weighted by Gasteiger charge is 2.30. The summed E-state index contributed by atoms with van der Waals surface area (Å²) in [7, 11) is 0. The largest absolute Gasteiger partial charge is 0.690 e. The van der Waals surface area contributed by atoms with Crippen LogP contribution in [-0.2, 0) is 0 Å². The molecule has 5 nitrogen and oxygen atoms in total. The molecule has 3 N–H and O–H groups in total. The van der Waals surface area contributed by atoms with Crippen molar-refractivity contribution in [1.29, 1.82) is 5.39 Å². The lowest BCUT2D eigenvalue weighted by Gasteiger charge is -2.18. The van der Waals surface area contributed by atoms with Crippen molar-refractivity contribution in [3.8, 4) is 0 Å². The minimum atomic E-state index is -0.173. The normalized spacial score (nSPS) is 12.3. The molecule has 0 amide bonds. The number of anilines is 1. The van der Waals surface area contributed by atoms with Crippen LogP contribution in [0, 0.1) is 5.39 Å². The topological polar surface area (TPSA) is 108 Å². The van der Waals surface area contributed by atoms with Gasteiger partial charge in [0.15, 0.2) is 11.6 Å². The highest BCUT2D eigenvalue weighted by molar-refractivity contribution is 6.29. The van der Waals surface area contributed by atoms with E-state index in [1.54, 1.807) is 47.9 Å². The van der Waals surface area contributed by atoms with Gasteiger partial charge in [0.05, 0.1) is 10.9 Å². The predicted molar refractivity (Wildman–Crippen MR) is 66.8 cm³/mol. The summed E-state index contributed by atoms with van der Waals surface area (Å²) in [5.74, 6) is -0.309. The molecule has 1 aliphatic rings. The van der Waals surface area contributed by atoms with Crippen molar-refractivity contribution in [2.45, 2.75) is 0 Å². The molecule has 0 unspecified atom stereocenters. The zero-order valence-corrected chi connectivity index (χ0v) is 9.83. The number of ketones is 2. The molecule has 3 rings (SSSR count). The fourth-order valence-corrected chi connectivity index (χ4v) is 2.17. The van der Waals surface area contributed by atoms with Gasteiger partial charge in [0.1, 0.15) is 0 Å². The lowest BCUT2D eigenvalue weighted by atomic mass is 9.83. The fraction of sp³-hybridized carbons (Fsp3) is 0. The van der Waals surface area contributed by atoms with Gasteiger partial charge in [0, 0.05) is 22.4 Å². The summed E-state index contributed by atoms with van der Waals surface area (Å²) in [6.07, 6.45) is 0.